The molecule has 0 unspecified atom stereocenters. The van der Waals surface area contributed by atoms with Gasteiger partial charge in [0.15, 0.2) is 0 Å². The van der Waals surface area contributed by atoms with E-state index in [1.54, 1.807) is 0 Å². The molecule has 0 amide bonds. The fraction of sp³-hybridized carbons (Fsp3) is 0.286. The van der Waals surface area contributed by atoms with Crippen molar-refractivity contribution in [2.75, 3.05) is 13.7 Å². The van der Waals surface area contributed by atoms with Crippen LogP contribution in [0, 0.1) is 0 Å². The van der Waals surface area contributed by atoms with Crippen molar-refractivity contribution in [3.63, 3.8) is 0 Å². The quantitative estimate of drug-likeness (QED) is 0.797. The Morgan fingerprint density at radius 3 is 2.76 bits per heavy atom. The van der Waals surface area contributed by atoms with E-state index in [0.29, 0.717) is 25.0 Å². The third kappa shape index (κ3) is 3.49. The van der Waals surface area contributed by atoms with E-state index >= 15 is 0 Å². The summed E-state index contributed by atoms with van der Waals surface area (Å²) in [4.78, 5) is 10.7. The number of ether oxygens (including phenoxy) is 1. The lowest BCUT2D eigenvalue weighted by Gasteiger charge is -2.12. The predicted molar refractivity (Wildman–Crippen MR) is 69.9 cm³/mol. The molecule has 0 radical (unpaired) electrons. The summed E-state index contributed by atoms with van der Waals surface area (Å²) in [5, 5.41) is 4.00. The number of nitrogens with zero attached hydrogens (tertiary/aromatic N) is 2. The minimum atomic E-state index is -4.54. The Labute approximate surface area is 119 Å². The average molecular weight is 298 g/mol. The Morgan fingerprint density at radius 2 is 2.14 bits per heavy atom. The first-order valence-electron chi connectivity index (χ1n) is 6.14. The first-order chi connectivity index (χ1) is 9.95. The maximum absolute atomic E-state index is 13.1. The average Bonchev–Trinajstić information content (AvgIpc) is 2.92. The Kier molecular flexibility index (Phi) is 4.42. The van der Waals surface area contributed by atoms with Gasteiger partial charge in [-0.2, -0.15) is 18.3 Å². The first-order valence-corrected chi connectivity index (χ1v) is 6.14. The number of halogens is 3. The normalized spacial score (nSPS) is 11.6. The number of hydrogen-bond donors (Lipinski definition) is 0. The molecular weight excluding hydrogens is 285 g/mol. The molecule has 7 heteroatoms. The van der Waals surface area contributed by atoms with E-state index in [4.69, 9.17) is 4.74 Å². The fourth-order valence-electron chi connectivity index (χ4n) is 1.93. The number of alkyl halides is 3. The lowest BCUT2D eigenvalue weighted by atomic mass is 9.99. The maximum Gasteiger partial charge on any atom is 0.417 e. The molecule has 112 valence electrons. The molecule has 0 atom stereocenters. The van der Waals surface area contributed by atoms with Crippen molar-refractivity contribution in [1.29, 1.82) is 0 Å². The van der Waals surface area contributed by atoms with E-state index in [0.717, 1.165) is 6.07 Å². The van der Waals surface area contributed by atoms with Gasteiger partial charge in [0.25, 0.3) is 0 Å². The Morgan fingerprint density at radius 1 is 1.38 bits per heavy atom. The zero-order chi connectivity index (χ0) is 15.5. The molecule has 0 bridgehead atoms. The summed E-state index contributed by atoms with van der Waals surface area (Å²) in [7, 11) is 1.53. The molecule has 2 rings (SSSR count). The Hall–Kier alpha value is -2.15. The number of hydrogen-bond acceptors (Lipinski definition) is 3. The summed E-state index contributed by atoms with van der Waals surface area (Å²) in [6.45, 7) is 0.863. The highest BCUT2D eigenvalue weighted by Gasteiger charge is 2.34. The summed E-state index contributed by atoms with van der Waals surface area (Å²) in [6.07, 6.45) is -1.27. The molecule has 0 saturated carbocycles. The summed E-state index contributed by atoms with van der Waals surface area (Å²) in [5.41, 5.74) is -0.524. The van der Waals surface area contributed by atoms with Crippen LogP contribution in [-0.4, -0.2) is 29.8 Å². The van der Waals surface area contributed by atoms with E-state index in [2.05, 4.69) is 5.10 Å². The van der Waals surface area contributed by atoms with Gasteiger partial charge >= 0.3 is 6.18 Å². The third-order valence-corrected chi connectivity index (χ3v) is 2.95. The van der Waals surface area contributed by atoms with Crippen molar-refractivity contribution >= 4 is 6.29 Å². The van der Waals surface area contributed by atoms with Crippen molar-refractivity contribution in [3.05, 3.63) is 41.7 Å². The van der Waals surface area contributed by atoms with Crippen LogP contribution in [0.4, 0.5) is 13.2 Å². The molecular formula is C14H13F3N2O2. The van der Waals surface area contributed by atoms with Gasteiger partial charge in [-0.3, -0.25) is 9.48 Å². The minimum absolute atomic E-state index is 0.00299. The molecule has 0 saturated heterocycles. The van der Waals surface area contributed by atoms with E-state index in [9.17, 15) is 18.0 Å². The third-order valence-electron chi connectivity index (χ3n) is 2.95. The topological polar surface area (TPSA) is 44.1 Å². The maximum atomic E-state index is 13.1. The van der Waals surface area contributed by atoms with E-state index in [-0.39, 0.29) is 11.1 Å². The van der Waals surface area contributed by atoms with Crippen molar-refractivity contribution in [1.82, 2.24) is 9.78 Å². The molecule has 0 spiro atoms. The predicted octanol–water partition coefficient (Wildman–Crippen LogP) is 3.03. The van der Waals surface area contributed by atoms with Crippen LogP contribution in [0.25, 0.3) is 11.1 Å². The smallest absolute Gasteiger partial charge is 0.383 e. The highest BCUT2D eigenvalue weighted by Crippen LogP contribution is 2.37. The molecule has 21 heavy (non-hydrogen) atoms. The molecule has 0 aliphatic heterocycles. The number of aromatic nitrogens is 2. The van der Waals surface area contributed by atoms with Gasteiger partial charge in [-0.05, 0) is 11.6 Å². The second kappa shape index (κ2) is 6.09. The molecule has 2 aromatic rings. The molecule has 0 N–H and O–H groups in total. The van der Waals surface area contributed by atoms with Crippen LogP contribution >= 0.6 is 0 Å². The van der Waals surface area contributed by atoms with Crippen LogP contribution in [0.5, 0.6) is 0 Å². The summed E-state index contributed by atoms with van der Waals surface area (Å²) < 4.78 is 45.7. The molecule has 1 aromatic heterocycles. The van der Waals surface area contributed by atoms with Crippen LogP contribution < -0.4 is 0 Å². The zero-order valence-electron chi connectivity index (χ0n) is 11.2. The summed E-state index contributed by atoms with van der Waals surface area (Å²) in [6, 6.07) is 3.48. The van der Waals surface area contributed by atoms with Gasteiger partial charge in [0, 0.05) is 24.4 Å². The van der Waals surface area contributed by atoms with Gasteiger partial charge in [0.05, 0.1) is 24.9 Å². The monoisotopic (exact) mass is 298 g/mol. The van der Waals surface area contributed by atoms with Crippen molar-refractivity contribution in [2.45, 2.75) is 12.7 Å². The van der Waals surface area contributed by atoms with E-state index in [1.165, 1.54) is 36.3 Å². The lowest BCUT2D eigenvalue weighted by molar-refractivity contribution is -0.137. The number of methoxy groups -OCH3 is 1. The van der Waals surface area contributed by atoms with Gasteiger partial charge in [-0.25, -0.2) is 0 Å². The van der Waals surface area contributed by atoms with Crippen LogP contribution in [0.1, 0.15) is 15.9 Å². The number of rotatable bonds is 5. The largest absolute Gasteiger partial charge is 0.417 e. The summed E-state index contributed by atoms with van der Waals surface area (Å²) in [5.74, 6) is 0. The summed E-state index contributed by atoms with van der Waals surface area (Å²) >= 11 is 0. The van der Waals surface area contributed by atoms with E-state index in [1.807, 2.05) is 0 Å². The van der Waals surface area contributed by atoms with E-state index < -0.39 is 11.7 Å². The van der Waals surface area contributed by atoms with Crippen LogP contribution in [0.2, 0.25) is 0 Å². The van der Waals surface area contributed by atoms with Gasteiger partial charge in [-0.1, -0.05) is 12.1 Å². The number of carbonyl (C=O) groups is 1. The van der Waals surface area contributed by atoms with Crippen molar-refractivity contribution < 1.29 is 22.7 Å². The van der Waals surface area contributed by atoms with Gasteiger partial charge < -0.3 is 4.74 Å². The standard InChI is InChI=1S/C14H13F3N2O2/c1-21-5-4-19-8-11(7-18-19)12-3-2-10(9-20)6-13(12)14(15,16)17/h2-3,6-9H,4-5H2,1H3. The number of aldehydes is 1. The minimum Gasteiger partial charge on any atom is -0.383 e. The molecule has 0 fully saturated rings. The SMILES string of the molecule is COCCn1cc(-c2ccc(C=O)cc2C(F)(F)F)cn1. The second-order valence-electron chi connectivity index (χ2n) is 4.41. The van der Waals surface area contributed by atoms with Crippen LogP contribution in [-0.2, 0) is 17.5 Å². The van der Waals surface area contributed by atoms with Gasteiger partial charge in [0.1, 0.15) is 6.29 Å². The second-order valence-corrected chi connectivity index (χ2v) is 4.41. The lowest BCUT2D eigenvalue weighted by Crippen LogP contribution is -2.08. The molecule has 1 aromatic carbocycles. The molecule has 0 aliphatic rings. The molecule has 4 nitrogen and oxygen atoms in total. The number of carbonyl (C=O) groups excluding carboxylic acids is 1. The molecule has 1 heterocycles. The van der Waals surface area contributed by atoms with Gasteiger partial charge in [-0.15, -0.1) is 0 Å². The Balaban J connectivity index is 2.43. The van der Waals surface area contributed by atoms with Crippen LogP contribution in [0.3, 0.4) is 0 Å². The Bertz CT molecular complexity index is 635. The van der Waals surface area contributed by atoms with Crippen molar-refractivity contribution in [2.24, 2.45) is 0 Å². The number of benzene rings is 1. The van der Waals surface area contributed by atoms with Gasteiger partial charge in [0.2, 0.25) is 0 Å². The fourth-order valence-corrected chi connectivity index (χ4v) is 1.93. The highest BCUT2D eigenvalue weighted by atomic mass is 19.4. The van der Waals surface area contributed by atoms with Crippen molar-refractivity contribution in [3.8, 4) is 11.1 Å². The highest BCUT2D eigenvalue weighted by molar-refractivity contribution is 5.78. The first kappa shape index (κ1) is 15.2. The molecule has 0 aliphatic carbocycles. The zero-order valence-corrected chi connectivity index (χ0v) is 11.2. The van der Waals surface area contributed by atoms with Crippen LogP contribution in [0.15, 0.2) is 30.6 Å².